The second-order valence-electron chi connectivity index (χ2n) is 8.28. The van der Waals surface area contributed by atoms with Crippen LogP contribution in [0.5, 0.6) is 0 Å². The third kappa shape index (κ3) is 7.48. The molecule has 2 aromatic rings. The van der Waals surface area contributed by atoms with Crippen molar-refractivity contribution in [2.45, 2.75) is 39.2 Å². The molecule has 0 bridgehead atoms. The minimum Gasteiger partial charge on any atom is -0.323 e. The van der Waals surface area contributed by atoms with Gasteiger partial charge >= 0.3 is 19.7 Å². The summed E-state index contributed by atoms with van der Waals surface area (Å²) in [6, 6.07) is 17.3. The molecule has 1 fully saturated rings. The number of hydrogen-bond donors (Lipinski definition) is 2. The lowest BCUT2D eigenvalue weighted by atomic mass is 9.99. The lowest BCUT2D eigenvalue weighted by Gasteiger charge is -2.27. The average Bonchev–Trinajstić information content (AvgIpc) is 3.09. The summed E-state index contributed by atoms with van der Waals surface area (Å²) in [7, 11) is -3.40. The molecule has 4 amide bonds. The summed E-state index contributed by atoms with van der Waals surface area (Å²) >= 11 is 0. The Bertz CT molecular complexity index is 1090. The van der Waals surface area contributed by atoms with Crippen molar-refractivity contribution in [3.05, 3.63) is 66.2 Å². The van der Waals surface area contributed by atoms with Crippen molar-refractivity contribution in [2.24, 2.45) is 4.99 Å². The van der Waals surface area contributed by atoms with Gasteiger partial charge in [0.1, 0.15) is 5.54 Å². The fraction of sp³-hybridized carbons (Fsp3) is 0.400. The minimum atomic E-state index is -3.40. The van der Waals surface area contributed by atoms with E-state index in [2.05, 4.69) is 15.6 Å². The lowest BCUT2D eigenvalue weighted by molar-refractivity contribution is -0.0547. The van der Waals surface area contributed by atoms with Gasteiger partial charge in [0, 0.05) is 5.69 Å². The fourth-order valence-corrected chi connectivity index (χ4v) is 5.56. The van der Waals surface area contributed by atoms with Crippen LogP contribution in [0.1, 0.15) is 32.8 Å². The van der Waals surface area contributed by atoms with E-state index < -0.39 is 25.2 Å². The Labute approximate surface area is 211 Å². The van der Waals surface area contributed by atoms with Crippen LogP contribution in [0, 0.1) is 0 Å². The zero-order valence-electron chi connectivity index (χ0n) is 20.8. The Morgan fingerprint density at radius 3 is 2.28 bits per heavy atom. The number of hydrogen-bond acceptors (Lipinski definition) is 6. The highest BCUT2D eigenvalue weighted by atomic mass is 31.2. The molecule has 2 aromatic carbocycles. The second kappa shape index (κ2) is 12.8. The first-order valence-corrected chi connectivity index (χ1v) is 13.6. The highest BCUT2D eigenvalue weighted by molar-refractivity contribution is 7.53. The molecule has 11 heteroatoms. The van der Waals surface area contributed by atoms with Gasteiger partial charge in [-0.25, -0.2) is 9.59 Å². The molecular formula is C25H33N4O6P. The van der Waals surface area contributed by atoms with Gasteiger partial charge in [0.2, 0.25) is 0 Å². The number of hydroxylamine groups is 2. The molecule has 0 spiro atoms. The zero-order valence-corrected chi connectivity index (χ0v) is 21.7. The van der Waals surface area contributed by atoms with E-state index in [1.807, 2.05) is 36.4 Å². The quantitative estimate of drug-likeness (QED) is 0.373. The average molecular weight is 517 g/mol. The molecule has 1 aliphatic heterocycles. The highest BCUT2D eigenvalue weighted by Crippen LogP contribution is 2.49. The van der Waals surface area contributed by atoms with Gasteiger partial charge in [-0.3, -0.25) is 9.40 Å². The van der Waals surface area contributed by atoms with Crippen molar-refractivity contribution in [3.63, 3.8) is 0 Å². The second-order valence-corrected chi connectivity index (χ2v) is 10.5. The van der Waals surface area contributed by atoms with Gasteiger partial charge in [-0.2, -0.15) is 10.1 Å². The molecule has 194 valence electrons. The molecule has 2 N–H and O–H groups in total. The summed E-state index contributed by atoms with van der Waals surface area (Å²) in [4.78, 5) is 35.7. The first-order chi connectivity index (χ1) is 17.3. The molecule has 0 radical (unpaired) electrons. The van der Waals surface area contributed by atoms with Crippen LogP contribution in [0.4, 0.5) is 15.3 Å². The van der Waals surface area contributed by atoms with Gasteiger partial charge in [0.05, 0.1) is 26.0 Å². The normalized spacial score (nSPS) is 18.9. The summed E-state index contributed by atoms with van der Waals surface area (Å²) in [5.41, 5.74) is 0.441. The lowest BCUT2D eigenvalue weighted by Crippen LogP contribution is -2.45. The summed E-state index contributed by atoms with van der Waals surface area (Å²) < 4.78 is 23.8. The first kappa shape index (κ1) is 27.5. The van der Waals surface area contributed by atoms with Crippen LogP contribution in [0.15, 0.2) is 65.7 Å². The van der Waals surface area contributed by atoms with Crippen LogP contribution < -0.4 is 10.6 Å². The van der Waals surface area contributed by atoms with Crippen molar-refractivity contribution in [2.75, 3.05) is 31.3 Å². The number of carbonyl (C=O) groups excluding carboxylic acids is 2. The number of amidine groups is 1. The molecule has 0 aromatic heterocycles. The van der Waals surface area contributed by atoms with Crippen molar-refractivity contribution >= 4 is 31.2 Å². The van der Waals surface area contributed by atoms with E-state index >= 15 is 0 Å². The number of benzene rings is 2. The van der Waals surface area contributed by atoms with Gasteiger partial charge in [0.15, 0.2) is 5.84 Å². The number of urea groups is 2. The highest BCUT2D eigenvalue weighted by Gasteiger charge is 2.48. The summed E-state index contributed by atoms with van der Waals surface area (Å²) in [5, 5.41) is 6.51. The van der Waals surface area contributed by atoms with Gasteiger partial charge in [-0.1, -0.05) is 48.5 Å². The first-order valence-electron chi connectivity index (χ1n) is 11.9. The summed E-state index contributed by atoms with van der Waals surface area (Å²) in [6.45, 7) is 5.78. The number of amides is 4. The largest absolute Gasteiger partial charge is 0.348 e. The van der Waals surface area contributed by atoms with E-state index in [4.69, 9.17) is 13.9 Å². The number of nitrogens with one attached hydrogen (secondary N) is 2. The molecule has 1 atom stereocenters. The van der Waals surface area contributed by atoms with Crippen LogP contribution >= 0.6 is 7.60 Å². The van der Waals surface area contributed by atoms with Crippen molar-refractivity contribution in [1.82, 2.24) is 10.4 Å². The third-order valence-electron chi connectivity index (χ3n) is 5.48. The van der Waals surface area contributed by atoms with Crippen molar-refractivity contribution < 1.29 is 28.0 Å². The molecule has 1 saturated heterocycles. The Balaban J connectivity index is 1.81. The molecule has 1 aliphatic rings. The van der Waals surface area contributed by atoms with Gasteiger partial charge in [-0.15, -0.1) is 0 Å². The molecule has 10 nitrogen and oxygen atoms in total. The van der Waals surface area contributed by atoms with E-state index in [0.717, 1.165) is 10.6 Å². The number of nitrogens with zero attached hydrogens (tertiary/aromatic N) is 2. The monoisotopic (exact) mass is 516 g/mol. The van der Waals surface area contributed by atoms with Crippen LogP contribution in [0.2, 0.25) is 0 Å². The molecule has 0 aliphatic carbocycles. The molecule has 36 heavy (non-hydrogen) atoms. The maximum atomic E-state index is 13.1. The number of aliphatic imine (C=N–C) groups is 1. The molecule has 1 unspecified atom stereocenters. The predicted molar refractivity (Wildman–Crippen MR) is 138 cm³/mol. The molecular weight excluding hydrogens is 483 g/mol. The van der Waals surface area contributed by atoms with E-state index in [1.54, 1.807) is 45.0 Å². The van der Waals surface area contributed by atoms with Gasteiger partial charge in [0.25, 0.3) is 0 Å². The number of para-hydroxylation sites is 1. The van der Waals surface area contributed by atoms with Gasteiger partial charge < -0.3 is 19.7 Å². The maximum absolute atomic E-state index is 13.1. The topological polar surface area (TPSA) is 119 Å². The zero-order chi connectivity index (χ0) is 26.0. The predicted octanol–water partition coefficient (Wildman–Crippen LogP) is 5.23. The summed E-state index contributed by atoms with van der Waals surface area (Å²) in [5.74, 6) is 0.0635. The van der Waals surface area contributed by atoms with Crippen LogP contribution in [-0.2, 0) is 24.9 Å². The smallest absolute Gasteiger partial charge is 0.323 e. The Hall–Kier alpha value is -3.04. The van der Waals surface area contributed by atoms with E-state index in [1.165, 1.54) is 0 Å². The van der Waals surface area contributed by atoms with Crippen molar-refractivity contribution in [3.8, 4) is 0 Å². The van der Waals surface area contributed by atoms with Crippen LogP contribution in [-0.4, -0.2) is 54.5 Å². The Morgan fingerprint density at radius 2 is 1.67 bits per heavy atom. The fourth-order valence-electron chi connectivity index (χ4n) is 3.71. The number of rotatable bonds is 12. The summed E-state index contributed by atoms with van der Waals surface area (Å²) in [6.07, 6.45) is 0.712. The standard InChI is InChI=1S/C25H33N4O6P/c1-4-34-36(32,35-5-2)19-17-25(3)22(27-23(30)26-21-14-10-7-11-15-21)29(24(31)28-25)33-18-16-20-12-8-6-9-13-20/h6-15H,4-5,16-19H2,1-3H3,(H,26,30)(H,28,31). The Morgan fingerprint density at radius 1 is 1.06 bits per heavy atom. The molecule has 1 heterocycles. The van der Waals surface area contributed by atoms with Crippen LogP contribution in [0.25, 0.3) is 0 Å². The SMILES string of the molecule is CCOP(=O)(CCC1(C)NC(=O)N(OCCc2ccccc2)C1=NC(=O)Nc1ccccc1)OCC. The van der Waals surface area contributed by atoms with Gasteiger partial charge in [-0.05, 0) is 51.3 Å². The molecule has 3 rings (SSSR count). The van der Waals surface area contributed by atoms with Crippen molar-refractivity contribution in [1.29, 1.82) is 0 Å². The van der Waals surface area contributed by atoms with E-state index in [9.17, 15) is 14.2 Å². The molecule has 0 saturated carbocycles. The van der Waals surface area contributed by atoms with E-state index in [0.29, 0.717) is 12.1 Å². The van der Waals surface area contributed by atoms with Crippen LogP contribution in [0.3, 0.4) is 0 Å². The Kier molecular flexibility index (Phi) is 9.78. The van der Waals surface area contributed by atoms with E-state index in [-0.39, 0.29) is 38.2 Å². The minimum absolute atomic E-state index is 0.0165. The maximum Gasteiger partial charge on any atom is 0.348 e. The number of carbonyl (C=O) groups is 2. The third-order valence-corrected chi connectivity index (χ3v) is 7.55. The number of anilines is 1.